The molecule has 0 radical (unpaired) electrons. The predicted octanol–water partition coefficient (Wildman–Crippen LogP) is 0.390. The Morgan fingerprint density at radius 1 is 1.24 bits per heavy atom. The molecule has 25 heavy (non-hydrogen) atoms. The van der Waals surface area contributed by atoms with E-state index in [4.69, 9.17) is 4.74 Å². The number of ether oxygens (including phenoxy) is 1. The molecule has 2 saturated heterocycles. The Balaban J connectivity index is 1.59. The lowest BCUT2D eigenvalue weighted by Crippen LogP contribution is -2.54. The molecule has 2 fully saturated rings. The lowest BCUT2D eigenvalue weighted by Gasteiger charge is -2.34. The van der Waals surface area contributed by atoms with Gasteiger partial charge in [0.1, 0.15) is 0 Å². The van der Waals surface area contributed by atoms with Crippen molar-refractivity contribution in [2.24, 2.45) is 5.92 Å². The van der Waals surface area contributed by atoms with Gasteiger partial charge in [-0.3, -0.25) is 9.59 Å². The van der Waals surface area contributed by atoms with Crippen LogP contribution in [-0.2, 0) is 25.5 Å². The quantitative estimate of drug-likeness (QED) is 0.833. The molecule has 0 spiro atoms. The van der Waals surface area contributed by atoms with E-state index in [1.807, 2.05) is 30.3 Å². The summed E-state index contributed by atoms with van der Waals surface area (Å²) in [4.78, 5) is 39.3. The molecule has 1 aromatic carbocycles. The van der Waals surface area contributed by atoms with Gasteiger partial charge in [-0.05, 0) is 12.0 Å². The molecule has 1 N–H and O–H groups in total. The molecule has 1 aromatic rings. The fourth-order valence-electron chi connectivity index (χ4n) is 3.37. The predicted molar refractivity (Wildman–Crippen MR) is 88.8 cm³/mol. The Kier molecular flexibility index (Phi) is 5.33. The van der Waals surface area contributed by atoms with Crippen molar-refractivity contribution >= 4 is 17.8 Å². The maximum absolute atomic E-state index is 12.7. The fourth-order valence-corrected chi connectivity index (χ4v) is 3.37. The second-order valence-electron chi connectivity index (χ2n) is 6.44. The number of benzene rings is 1. The molecule has 2 aliphatic rings. The topological polar surface area (TPSA) is 87.1 Å². The van der Waals surface area contributed by atoms with Gasteiger partial charge in [-0.1, -0.05) is 30.3 Å². The summed E-state index contributed by atoms with van der Waals surface area (Å²) in [6.07, 6.45) is 0.889. The Bertz CT molecular complexity index is 648. The van der Waals surface area contributed by atoms with Gasteiger partial charge in [0.05, 0.1) is 19.1 Å². The first-order chi connectivity index (χ1) is 12.1. The van der Waals surface area contributed by atoms with Crippen molar-refractivity contribution < 1.29 is 24.2 Å². The number of aliphatic carboxylic acids is 1. The van der Waals surface area contributed by atoms with Gasteiger partial charge in [-0.25, -0.2) is 4.79 Å². The van der Waals surface area contributed by atoms with Gasteiger partial charge in [0.2, 0.25) is 11.8 Å². The van der Waals surface area contributed by atoms with Crippen molar-refractivity contribution in [3.8, 4) is 0 Å². The first-order valence-electron chi connectivity index (χ1n) is 8.49. The zero-order valence-corrected chi connectivity index (χ0v) is 14.0. The molecule has 2 atom stereocenters. The van der Waals surface area contributed by atoms with Crippen LogP contribution in [0.1, 0.15) is 12.0 Å². The molecule has 0 saturated carbocycles. The van der Waals surface area contributed by atoms with Gasteiger partial charge in [0.25, 0.3) is 0 Å². The minimum atomic E-state index is -1.07. The molecule has 0 aromatic heterocycles. The van der Waals surface area contributed by atoms with E-state index in [9.17, 15) is 19.5 Å². The standard InChI is InChI=1S/C18H22N2O5/c21-16-10-14(11-19(16)7-6-13-4-2-1-3-5-13)17(22)20-8-9-25-12-15(20)18(23)24/h1-5,14-15H,6-12H2,(H,23,24). The molecular weight excluding hydrogens is 324 g/mol. The van der Waals surface area contributed by atoms with Crippen LogP contribution >= 0.6 is 0 Å². The summed E-state index contributed by atoms with van der Waals surface area (Å²) in [5, 5.41) is 9.26. The maximum atomic E-state index is 12.7. The smallest absolute Gasteiger partial charge is 0.328 e. The number of amides is 2. The average molecular weight is 346 g/mol. The molecule has 7 heteroatoms. The molecule has 2 heterocycles. The number of morpholine rings is 1. The highest BCUT2D eigenvalue weighted by atomic mass is 16.5. The Labute approximate surface area is 146 Å². The van der Waals surface area contributed by atoms with Gasteiger partial charge in [0, 0.05) is 26.1 Å². The number of nitrogens with zero attached hydrogens (tertiary/aromatic N) is 2. The van der Waals surface area contributed by atoms with E-state index < -0.39 is 17.9 Å². The molecule has 2 amide bonds. The van der Waals surface area contributed by atoms with E-state index in [0.29, 0.717) is 19.7 Å². The Hall–Kier alpha value is -2.41. The van der Waals surface area contributed by atoms with Gasteiger partial charge in [0.15, 0.2) is 6.04 Å². The lowest BCUT2D eigenvalue weighted by molar-refractivity contribution is -0.160. The summed E-state index contributed by atoms with van der Waals surface area (Å²) in [5.41, 5.74) is 1.14. The van der Waals surface area contributed by atoms with Crippen LogP contribution in [0.5, 0.6) is 0 Å². The number of carboxylic acids is 1. The third-order valence-corrected chi connectivity index (χ3v) is 4.77. The zero-order valence-electron chi connectivity index (χ0n) is 14.0. The monoisotopic (exact) mass is 346 g/mol. The maximum Gasteiger partial charge on any atom is 0.328 e. The number of hydrogen-bond acceptors (Lipinski definition) is 4. The lowest BCUT2D eigenvalue weighted by atomic mass is 10.1. The van der Waals surface area contributed by atoms with Crippen molar-refractivity contribution in [3.05, 3.63) is 35.9 Å². The van der Waals surface area contributed by atoms with Crippen LogP contribution < -0.4 is 0 Å². The summed E-state index contributed by atoms with van der Waals surface area (Å²) in [7, 11) is 0. The van der Waals surface area contributed by atoms with Crippen molar-refractivity contribution in [1.29, 1.82) is 0 Å². The number of rotatable bonds is 5. The number of hydrogen-bond donors (Lipinski definition) is 1. The third kappa shape index (κ3) is 3.99. The average Bonchev–Trinajstić information content (AvgIpc) is 3.01. The normalized spacial score (nSPS) is 23.8. The van der Waals surface area contributed by atoms with E-state index >= 15 is 0 Å². The molecule has 7 nitrogen and oxygen atoms in total. The number of carbonyl (C=O) groups excluding carboxylic acids is 2. The van der Waals surface area contributed by atoms with Crippen LogP contribution in [0.3, 0.4) is 0 Å². The highest BCUT2D eigenvalue weighted by Crippen LogP contribution is 2.22. The number of carboxylic acid groups (broad SMARTS) is 1. The minimum Gasteiger partial charge on any atom is -0.480 e. The van der Waals surface area contributed by atoms with Gasteiger partial charge >= 0.3 is 5.97 Å². The SMILES string of the molecule is O=C(O)C1COCCN1C(=O)C1CC(=O)N(CCc2ccccc2)C1. The Morgan fingerprint density at radius 2 is 2.00 bits per heavy atom. The van der Waals surface area contributed by atoms with Crippen LogP contribution in [0.15, 0.2) is 30.3 Å². The Morgan fingerprint density at radius 3 is 2.72 bits per heavy atom. The van der Waals surface area contributed by atoms with Crippen molar-refractivity contribution in [3.63, 3.8) is 0 Å². The fraction of sp³-hybridized carbons (Fsp3) is 0.500. The van der Waals surface area contributed by atoms with Gasteiger partial charge < -0.3 is 19.6 Å². The zero-order chi connectivity index (χ0) is 17.8. The summed E-state index contributed by atoms with van der Waals surface area (Å²) < 4.78 is 5.16. The van der Waals surface area contributed by atoms with E-state index in [1.165, 1.54) is 4.90 Å². The summed E-state index contributed by atoms with van der Waals surface area (Å²) >= 11 is 0. The first kappa shape index (κ1) is 17.4. The number of carbonyl (C=O) groups is 3. The molecule has 3 rings (SSSR count). The van der Waals surface area contributed by atoms with Crippen molar-refractivity contribution in [1.82, 2.24) is 9.80 Å². The van der Waals surface area contributed by atoms with Gasteiger partial charge in [-0.15, -0.1) is 0 Å². The van der Waals surface area contributed by atoms with Crippen LogP contribution in [0.25, 0.3) is 0 Å². The largest absolute Gasteiger partial charge is 0.480 e. The highest BCUT2D eigenvalue weighted by molar-refractivity contribution is 5.91. The molecule has 0 aliphatic carbocycles. The second kappa shape index (κ2) is 7.65. The molecule has 0 bridgehead atoms. The van der Waals surface area contributed by atoms with Crippen LogP contribution in [0.2, 0.25) is 0 Å². The minimum absolute atomic E-state index is 0.000535. The third-order valence-electron chi connectivity index (χ3n) is 4.77. The summed E-state index contributed by atoms with van der Waals surface area (Å²) in [5.74, 6) is -1.85. The van der Waals surface area contributed by atoms with Crippen molar-refractivity contribution in [2.45, 2.75) is 18.9 Å². The van der Waals surface area contributed by atoms with E-state index in [-0.39, 0.29) is 31.4 Å². The molecule has 134 valence electrons. The molecule has 2 unspecified atom stereocenters. The second-order valence-corrected chi connectivity index (χ2v) is 6.44. The molecular formula is C18H22N2O5. The molecule has 2 aliphatic heterocycles. The van der Waals surface area contributed by atoms with E-state index in [1.54, 1.807) is 4.90 Å². The van der Waals surface area contributed by atoms with Gasteiger partial charge in [-0.2, -0.15) is 0 Å². The first-order valence-corrected chi connectivity index (χ1v) is 8.49. The highest BCUT2D eigenvalue weighted by Gasteiger charge is 2.40. The van der Waals surface area contributed by atoms with Crippen molar-refractivity contribution in [2.75, 3.05) is 32.8 Å². The summed E-state index contributed by atoms with van der Waals surface area (Å²) in [6, 6.07) is 8.91. The van der Waals surface area contributed by atoms with Crippen LogP contribution in [-0.4, -0.2) is 71.6 Å². The van der Waals surface area contributed by atoms with E-state index in [0.717, 1.165) is 12.0 Å². The van der Waals surface area contributed by atoms with Crippen LogP contribution in [0, 0.1) is 5.92 Å². The summed E-state index contributed by atoms with van der Waals surface area (Å²) in [6.45, 7) is 1.50. The number of likely N-dealkylation sites (tertiary alicyclic amines) is 1. The van der Waals surface area contributed by atoms with Crippen LogP contribution in [0.4, 0.5) is 0 Å². The van der Waals surface area contributed by atoms with E-state index in [2.05, 4.69) is 0 Å².